The van der Waals surface area contributed by atoms with Gasteiger partial charge in [-0.25, -0.2) is 0 Å². The summed E-state index contributed by atoms with van der Waals surface area (Å²) in [5, 5.41) is 12.6. The predicted octanol–water partition coefficient (Wildman–Crippen LogP) is 12.8. The first kappa shape index (κ1) is 95.6. The number of nitrogens with one attached hydrogen (secondary N) is 4. The van der Waals surface area contributed by atoms with Crippen LogP contribution >= 0.6 is 0 Å². The second-order valence-electron chi connectivity index (χ2n) is 36.2. The Morgan fingerprint density at radius 2 is 0.441 bits per heavy atom. The molecule has 0 radical (unpaired) electrons. The first-order valence-electron chi connectivity index (χ1n) is 36.4. The van der Waals surface area contributed by atoms with Gasteiger partial charge in [0, 0.05) is 93.3 Å². The summed E-state index contributed by atoms with van der Waals surface area (Å²) in [4.78, 5) is 167. The van der Waals surface area contributed by atoms with E-state index < -0.39 is 150 Å². The highest BCUT2D eigenvalue weighted by Crippen LogP contribution is 2.34. The van der Waals surface area contributed by atoms with Gasteiger partial charge >= 0.3 is 53.7 Å². The zero-order valence-electron chi connectivity index (χ0n) is 68.0. The summed E-state index contributed by atoms with van der Waals surface area (Å²) in [7, 11) is 1.60. The molecule has 0 fully saturated rings. The fraction of sp³-hybridized carbons (Fsp3) is 0.844. The van der Waals surface area contributed by atoms with E-state index in [9.17, 15) is 47.9 Å². The van der Waals surface area contributed by atoms with E-state index in [0.29, 0.717) is 0 Å². The SMILES string of the molecule is CNC(CCC(=O)NC(CCC(=O)OC(C)(C)C)C(CCC(=O)OC(C)(C)C)CC(=O)OC(C)(C)C)(CCC(=O)NC(CCC(=O)OC(C)(C)C)(CCC(=O)OC(C)(C)C)CCC(=O)OC(C)(C)C)CCC(=O)NC(CCC(=O)OC(C)(C)C)(CCC(=O)OC(C)(C)C)CCC(=O)OC(C)(C)C. The first-order valence-corrected chi connectivity index (χ1v) is 36.4. The lowest BCUT2D eigenvalue weighted by atomic mass is 9.81. The van der Waals surface area contributed by atoms with Crippen LogP contribution < -0.4 is 21.3 Å². The van der Waals surface area contributed by atoms with Crippen molar-refractivity contribution in [2.45, 2.75) is 408 Å². The molecule has 0 bridgehead atoms. The molecular formula is C77H136N4O21. The molecule has 0 saturated heterocycles. The molecule has 590 valence electrons. The van der Waals surface area contributed by atoms with Crippen LogP contribution in [0.2, 0.25) is 0 Å². The Labute approximate surface area is 611 Å². The number of ether oxygens (including phenoxy) is 9. The third-order valence-electron chi connectivity index (χ3n) is 15.2. The van der Waals surface area contributed by atoms with Crippen molar-refractivity contribution in [3.8, 4) is 0 Å². The summed E-state index contributed by atoms with van der Waals surface area (Å²) >= 11 is 0. The molecular weight excluding hydrogens is 1320 g/mol. The molecule has 102 heavy (non-hydrogen) atoms. The number of carbonyl (C=O) groups is 12. The normalized spacial score (nSPS) is 13.6. The van der Waals surface area contributed by atoms with Crippen LogP contribution in [0.25, 0.3) is 0 Å². The number of esters is 9. The molecule has 0 aromatic carbocycles. The molecule has 0 heterocycles. The van der Waals surface area contributed by atoms with Crippen molar-refractivity contribution >= 4 is 71.4 Å². The van der Waals surface area contributed by atoms with Gasteiger partial charge in [-0.1, -0.05) is 0 Å². The molecule has 0 spiro atoms. The van der Waals surface area contributed by atoms with Crippen LogP contribution in [-0.2, 0) is 100 Å². The lowest BCUT2D eigenvalue weighted by molar-refractivity contribution is -0.159. The second-order valence-corrected chi connectivity index (χ2v) is 36.2. The molecule has 0 aromatic rings. The Morgan fingerprint density at radius 3 is 0.667 bits per heavy atom. The fourth-order valence-corrected chi connectivity index (χ4v) is 11.2. The van der Waals surface area contributed by atoms with Crippen molar-refractivity contribution in [2.24, 2.45) is 5.92 Å². The molecule has 4 N–H and O–H groups in total. The standard InChI is InChI=1S/C77H136N4O21/c1-66(2,3)94-57(85)31-29-52(51-65(93)102-74(25,26)27)53(30-32-58(86)95-67(4,5)6)79-54(82)33-42-75(78-28,43-34-55(83)80-76(45-36-59(87)96-68(7,8)9,46-37-60(88)97-69(10,11)12)47-38-61(89)98-70(13,14)15)44-35-56(84)81-77(48-39-62(90)99-71(16,17)18,49-40-63(91)100-72(19,20)21)50-41-64(92)101-73(22,23)24/h52-53,78H,29-51H2,1-28H3,(H,79,82)(H,80,83)(H,81,84). The molecule has 0 saturated carbocycles. The highest BCUT2D eigenvalue weighted by atomic mass is 16.6. The van der Waals surface area contributed by atoms with Crippen LogP contribution in [0.5, 0.6) is 0 Å². The monoisotopic (exact) mass is 1450 g/mol. The molecule has 0 rings (SSSR count). The van der Waals surface area contributed by atoms with Gasteiger partial charge in [-0.2, -0.15) is 0 Å². The Morgan fingerprint density at radius 1 is 0.245 bits per heavy atom. The molecule has 2 atom stereocenters. The number of carbonyl (C=O) groups excluding carboxylic acids is 12. The van der Waals surface area contributed by atoms with Crippen molar-refractivity contribution in [3.05, 3.63) is 0 Å². The van der Waals surface area contributed by atoms with Gasteiger partial charge in [-0.15, -0.1) is 0 Å². The van der Waals surface area contributed by atoms with Crippen LogP contribution in [0.15, 0.2) is 0 Å². The van der Waals surface area contributed by atoms with Crippen molar-refractivity contribution < 1.29 is 100 Å². The third kappa shape index (κ3) is 49.3. The summed E-state index contributed by atoms with van der Waals surface area (Å²) in [5.74, 6) is -7.91. The molecule has 2 unspecified atom stereocenters. The van der Waals surface area contributed by atoms with Gasteiger partial charge in [-0.3, -0.25) is 57.5 Å². The van der Waals surface area contributed by atoms with Gasteiger partial charge in [0.05, 0.1) is 6.42 Å². The van der Waals surface area contributed by atoms with Gasteiger partial charge in [0.2, 0.25) is 17.7 Å². The molecule has 0 aliphatic rings. The molecule has 3 amide bonds. The van der Waals surface area contributed by atoms with E-state index in [2.05, 4.69) is 21.3 Å². The lowest BCUT2D eigenvalue weighted by Crippen LogP contribution is -2.52. The quantitative estimate of drug-likeness (QED) is 0.0327. The average Bonchev–Trinajstić information content (AvgIpc) is 0.838. The topological polar surface area (TPSA) is 336 Å². The number of hydrogen-bond donors (Lipinski definition) is 4. The molecule has 0 aliphatic carbocycles. The zero-order valence-corrected chi connectivity index (χ0v) is 68.0. The Kier molecular flexibility index (Phi) is 37.7. The number of amides is 3. The van der Waals surface area contributed by atoms with Gasteiger partial charge in [0.1, 0.15) is 50.4 Å². The van der Waals surface area contributed by atoms with Crippen LogP contribution in [0.4, 0.5) is 0 Å². The predicted molar refractivity (Wildman–Crippen MR) is 388 cm³/mol. The Bertz CT molecular complexity index is 2480. The largest absolute Gasteiger partial charge is 0.460 e. The van der Waals surface area contributed by atoms with E-state index in [1.54, 1.807) is 194 Å². The summed E-state index contributed by atoms with van der Waals surface area (Å²) in [6.45, 7) is 46.1. The van der Waals surface area contributed by atoms with Gasteiger partial charge in [0.25, 0.3) is 0 Å². The second kappa shape index (κ2) is 40.2. The van der Waals surface area contributed by atoms with E-state index >= 15 is 9.59 Å². The molecule has 0 aromatic heterocycles. The van der Waals surface area contributed by atoms with Crippen LogP contribution in [-0.4, -0.2) is 152 Å². The minimum Gasteiger partial charge on any atom is -0.460 e. The number of hydrogen-bond acceptors (Lipinski definition) is 22. The summed E-state index contributed by atoms with van der Waals surface area (Å²) in [6, 6.07) is -0.939. The first-order chi connectivity index (χ1) is 45.8. The smallest absolute Gasteiger partial charge is 0.306 e. The van der Waals surface area contributed by atoms with Crippen molar-refractivity contribution in [1.29, 1.82) is 0 Å². The molecule has 25 nitrogen and oxygen atoms in total. The van der Waals surface area contributed by atoms with Crippen molar-refractivity contribution in [2.75, 3.05) is 7.05 Å². The minimum atomic E-state index is -1.43. The zero-order chi connectivity index (χ0) is 79.5. The molecule has 0 aliphatic heterocycles. The van der Waals surface area contributed by atoms with E-state index in [4.69, 9.17) is 42.6 Å². The minimum absolute atomic E-state index is 0.0295. The molecule has 25 heteroatoms. The van der Waals surface area contributed by atoms with E-state index in [1.165, 1.54) is 0 Å². The Hall–Kier alpha value is -6.40. The summed E-state index contributed by atoms with van der Waals surface area (Å²) in [5.41, 5.74) is -12.1. The fourth-order valence-electron chi connectivity index (χ4n) is 11.2. The average molecular weight is 1450 g/mol. The van der Waals surface area contributed by atoms with Gasteiger partial charge < -0.3 is 63.9 Å². The van der Waals surface area contributed by atoms with Crippen molar-refractivity contribution in [3.63, 3.8) is 0 Å². The van der Waals surface area contributed by atoms with E-state index in [-0.39, 0.29) is 148 Å². The van der Waals surface area contributed by atoms with Crippen LogP contribution in [0.1, 0.15) is 335 Å². The van der Waals surface area contributed by atoms with Crippen molar-refractivity contribution in [1.82, 2.24) is 21.3 Å². The highest BCUT2D eigenvalue weighted by Gasteiger charge is 2.41. The highest BCUT2D eigenvalue weighted by molar-refractivity contribution is 5.81. The van der Waals surface area contributed by atoms with Crippen LogP contribution in [0.3, 0.4) is 0 Å². The maximum absolute atomic E-state index is 15.1. The maximum Gasteiger partial charge on any atom is 0.306 e. The lowest BCUT2D eigenvalue weighted by Gasteiger charge is -2.38. The maximum atomic E-state index is 15.1. The van der Waals surface area contributed by atoms with E-state index in [0.717, 1.165) is 0 Å². The van der Waals surface area contributed by atoms with E-state index in [1.807, 2.05) is 0 Å². The summed E-state index contributed by atoms with van der Waals surface area (Å²) < 4.78 is 51.2. The van der Waals surface area contributed by atoms with Gasteiger partial charge in [-0.05, 0) is 271 Å². The number of rotatable bonds is 40. The Balaban J connectivity index is 8.51. The van der Waals surface area contributed by atoms with Gasteiger partial charge in [0.15, 0.2) is 0 Å². The third-order valence-corrected chi connectivity index (χ3v) is 15.2. The van der Waals surface area contributed by atoms with Crippen LogP contribution in [0, 0.1) is 5.92 Å². The summed E-state index contributed by atoms with van der Waals surface area (Å²) in [6.07, 6.45) is -3.77.